The minimum Gasteiger partial charge on any atom is -0.489 e. The van der Waals surface area contributed by atoms with Gasteiger partial charge in [-0.15, -0.1) is 0 Å². The van der Waals surface area contributed by atoms with Gasteiger partial charge in [-0.1, -0.05) is 55.7 Å². The van der Waals surface area contributed by atoms with Crippen molar-refractivity contribution >= 4 is 22.8 Å². The van der Waals surface area contributed by atoms with Crippen molar-refractivity contribution in [3.05, 3.63) is 89.5 Å². The Morgan fingerprint density at radius 1 is 0.923 bits per heavy atom. The van der Waals surface area contributed by atoms with E-state index in [-0.39, 0.29) is 18.4 Å². The van der Waals surface area contributed by atoms with Crippen molar-refractivity contribution in [2.24, 2.45) is 0 Å². The molecular weight excluding hydrogens is 488 g/mol. The maximum atomic E-state index is 13.1. The highest BCUT2D eigenvalue weighted by Gasteiger charge is 2.28. The third kappa shape index (κ3) is 5.70. The van der Waals surface area contributed by atoms with Gasteiger partial charge < -0.3 is 18.9 Å². The summed E-state index contributed by atoms with van der Waals surface area (Å²) in [5, 5.41) is 1.10. The largest absolute Gasteiger partial charge is 0.489 e. The molecule has 1 amide bonds. The number of hydrogen-bond donors (Lipinski definition) is 0. The monoisotopic (exact) mass is 524 g/mol. The number of likely N-dealkylation sites (N-methyl/N-ethyl adjacent to an activating group) is 1. The van der Waals surface area contributed by atoms with E-state index in [2.05, 4.69) is 16.7 Å². The van der Waals surface area contributed by atoms with Gasteiger partial charge >= 0.3 is 5.97 Å². The van der Waals surface area contributed by atoms with Crippen LogP contribution in [0, 0.1) is 0 Å². The molecule has 0 saturated heterocycles. The van der Waals surface area contributed by atoms with E-state index in [1.165, 1.54) is 31.9 Å². The number of aromatic nitrogens is 1. The topological polar surface area (TPSA) is 60.8 Å². The van der Waals surface area contributed by atoms with Crippen LogP contribution in [0.15, 0.2) is 72.8 Å². The van der Waals surface area contributed by atoms with Crippen molar-refractivity contribution in [2.45, 2.75) is 51.2 Å². The molecule has 1 heterocycles. The van der Waals surface area contributed by atoms with Crippen LogP contribution in [0.25, 0.3) is 22.2 Å². The molecule has 202 valence electrons. The van der Waals surface area contributed by atoms with E-state index in [9.17, 15) is 9.59 Å². The molecule has 0 unspecified atom stereocenters. The van der Waals surface area contributed by atoms with Gasteiger partial charge in [0.15, 0.2) is 0 Å². The first-order valence-corrected chi connectivity index (χ1v) is 13.7. The molecule has 1 aliphatic carbocycles. The standard InChI is InChI=1S/C33H36N2O4/c1-34(2)30(36)21-35-29-20-26(33(37)38-3)16-19-28(29)31(24-12-8-5-9-13-24)32(35)25-14-17-27(18-15-25)39-22-23-10-6-4-7-11-23/h4,6-7,10-11,14-20,24H,5,8-9,12-13,21-22H2,1-3H3. The number of rotatable bonds is 8. The summed E-state index contributed by atoms with van der Waals surface area (Å²) in [6.45, 7) is 0.684. The molecule has 5 rings (SSSR count). The molecule has 0 atom stereocenters. The average molecular weight is 525 g/mol. The molecule has 1 aromatic heterocycles. The predicted molar refractivity (Wildman–Crippen MR) is 154 cm³/mol. The number of fused-ring (bicyclic) bond motifs is 1. The maximum Gasteiger partial charge on any atom is 0.337 e. The molecule has 0 spiro atoms. The lowest BCUT2D eigenvalue weighted by Crippen LogP contribution is -2.26. The van der Waals surface area contributed by atoms with Crippen LogP contribution in [-0.2, 0) is 22.7 Å². The van der Waals surface area contributed by atoms with Crippen LogP contribution >= 0.6 is 0 Å². The van der Waals surface area contributed by atoms with E-state index in [0.717, 1.165) is 46.3 Å². The number of methoxy groups -OCH3 is 1. The summed E-state index contributed by atoms with van der Waals surface area (Å²) in [4.78, 5) is 27.1. The zero-order valence-corrected chi connectivity index (χ0v) is 23.0. The number of amides is 1. The van der Waals surface area contributed by atoms with Gasteiger partial charge in [0, 0.05) is 19.5 Å². The first-order chi connectivity index (χ1) is 19.0. The smallest absolute Gasteiger partial charge is 0.337 e. The summed E-state index contributed by atoms with van der Waals surface area (Å²) in [6, 6.07) is 24.0. The summed E-state index contributed by atoms with van der Waals surface area (Å²) >= 11 is 0. The Labute approximate surface area is 230 Å². The first-order valence-electron chi connectivity index (χ1n) is 13.7. The molecule has 0 bridgehead atoms. The van der Waals surface area contributed by atoms with Gasteiger partial charge in [0.25, 0.3) is 0 Å². The van der Waals surface area contributed by atoms with E-state index in [1.54, 1.807) is 19.0 Å². The number of carbonyl (C=O) groups excluding carboxylic acids is 2. The third-order valence-corrected chi connectivity index (χ3v) is 7.71. The Bertz CT molecular complexity index is 1450. The highest BCUT2D eigenvalue weighted by atomic mass is 16.5. The van der Waals surface area contributed by atoms with Gasteiger partial charge in [0.1, 0.15) is 18.9 Å². The lowest BCUT2D eigenvalue weighted by molar-refractivity contribution is -0.129. The van der Waals surface area contributed by atoms with Crippen LogP contribution in [0.2, 0.25) is 0 Å². The second-order valence-electron chi connectivity index (χ2n) is 10.5. The van der Waals surface area contributed by atoms with Gasteiger partial charge in [-0.3, -0.25) is 4.79 Å². The van der Waals surface area contributed by atoms with E-state index in [1.807, 2.05) is 60.7 Å². The quantitative estimate of drug-likeness (QED) is 0.238. The van der Waals surface area contributed by atoms with Crippen molar-refractivity contribution in [1.29, 1.82) is 0 Å². The molecular formula is C33H36N2O4. The molecule has 0 aliphatic heterocycles. The number of ether oxygens (including phenoxy) is 2. The minimum absolute atomic E-state index is 0.00497. The zero-order valence-electron chi connectivity index (χ0n) is 23.0. The van der Waals surface area contributed by atoms with E-state index in [4.69, 9.17) is 9.47 Å². The Morgan fingerprint density at radius 2 is 1.64 bits per heavy atom. The van der Waals surface area contributed by atoms with Crippen LogP contribution < -0.4 is 4.74 Å². The van der Waals surface area contributed by atoms with Crippen molar-refractivity contribution in [3.63, 3.8) is 0 Å². The predicted octanol–water partition coefficient (Wildman–Crippen LogP) is 6.81. The van der Waals surface area contributed by atoms with Crippen LogP contribution in [0.1, 0.15) is 59.5 Å². The van der Waals surface area contributed by atoms with E-state index in [0.29, 0.717) is 18.1 Å². The summed E-state index contributed by atoms with van der Waals surface area (Å²) < 4.78 is 13.2. The molecule has 0 radical (unpaired) electrons. The molecule has 39 heavy (non-hydrogen) atoms. The molecule has 6 nitrogen and oxygen atoms in total. The second kappa shape index (κ2) is 11.8. The van der Waals surface area contributed by atoms with Crippen molar-refractivity contribution in [1.82, 2.24) is 9.47 Å². The summed E-state index contributed by atoms with van der Waals surface area (Å²) in [5.41, 5.74) is 5.82. The number of hydrogen-bond acceptors (Lipinski definition) is 4. The van der Waals surface area contributed by atoms with Crippen LogP contribution in [0.4, 0.5) is 0 Å². The van der Waals surface area contributed by atoms with Gasteiger partial charge in [0.2, 0.25) is 5.91 Å². The molecule has 1 fully saturated rings. The van der Waals surface area contributed by atoms with Gasteiger partial charge in [-0.05, 0) is 71.8 Å². The molecule has 4 aromatic rings. The first kappa shape index (κ1) is 26.5. The highest BCUT2D eigenvalue weighted by molar-refractivity contribution is 5.99. The molecule has 1 saturated carbocycles. The molecule has 3 aromatic carbocycles. The van der Waals surface area contributed by atoms with Crippen molar-refractivity contribution in [2.75, 3.05) is 21.2 Å². The SMILES string of the molecule is COC(=O)c1ccc2c(C3CCCCC3)c(-c3ccc(OCc4ccccc4)cc3)n(CC(=O)N(C)C)c2c1. The lowest BCUT2D eigenvalue weighted by atomic mass is 9.81. The number of nitrogens with zero attached hydrogens (tertiary/aromatic N) is 2. The Morgan fingerprint density at radius 3 is 2.31 bits per heavy atom. The van der Waals surface area contributed by atoms with Crippen LogP contribution in [-0.4, -0.2) is 42.5 Å². The maximum absolute atomic E-state index is 13.1. The average Bonchev–Trinajstić information content (AvgIpc) is 3.30. The minimum atomic E-state index is -0.385. The van der Waals surface area contributed by atoms with Gasteiger partial charge in [-0.25, -0.2) is 4.79 Å². The number of carbonyl (C=O) groups is 2. The van der Waals surface area contributed by atoms with Crippen LogP contribution in [0.3, 0.4) is 0 Å². The van der Waals surface area contributed by atoms with Gasteiger partial charge in [0.05, 0.1) is 23.9 Å². The Kier molecular flexibility index (Phi) is 8.01. The lowest BCUT2D eigenvalue weighted by Gasteiger charge is -2.24. The van der Waals surface area contributed by atoms with E-state index < -0.39 is 0 Å². The molecule has 1 aliphatic rings. The normalized spacial score (nSPS) is 13.8. The van der Waals surface area contributed by atoms with Gasteiger partial charge in [-0.2, -0.15) is 0 Å². The fourth-order valence-corrected chi connectivity index (χ4v) is 5.63. The summed E-state index contributed by atoms with van der Waals surface area (Å²) in [6.07, 6.45) is 5.87. The Balaban J connectivity index is 1.62. The summed E-state index contributed by atoms with van der Waals surface area (Å²) in [5.74, 6) is 0.797. The highest BCUT2D eigenvalue weighted by Crippen LogP contribution is 2.44. The van der Waals surface area contributed by atoms with Crippen LogP contribution in [0.5, 0.6) is 5.75 Å². The fourth-order valence-electron chi connectivity index (χ4n) is 5.63. The number of esters is 1. The molecule has 0 N–H and O–H groups in total. The zero-order chi connectivity index (χ0) is 27.4. The van der Waals surface area contributed by atoms with Crippen molar-refractivity contribution in [3.8, 4) is 17.0 Å². The van der Waals surface area contributed by atoms with Crippen molar-refractivity contribution < 1.29 is 19.1 Å². The summed E-state index contributed by atoms with van der Waals surface area (Å²) in [7, 11) is 4.93. The second-order valence-corrected chi connectivity index (χ2v) is 10.5. The van der Waals surface area contributed by atoms with E-state index >= 15 is 0 Å². The Hall–Kier alpha value is -4.06. The third-order valence-electron chi connectivity index (χ3n) is 7.71. The fraction of sp³-hybridized carbons (Fsp3) is 0.333. The number of benzene rings is 3. The molecule has 6 heteroatoms.